The summed E-state index contributed by atoms with van der Waals surface area (Å²) in [7, 11) is 0. The standard InChI is InChI=1S/C16H18BrNOS/c1-11(9-15-8-3-12(2)20-15)18-16(19)14-6-4-13(10-17)5-7-14/h3-8,11H,9-10H2,1-2H3,(H,18,19). The van der Waals surface area contributed by atoms with E-state index in [1.165, 1.54) is 15.3 Å². The highest BCUT2D eigenvalue weighted by molar-refractivity contribution is 9.08. The predicted octanol–water partition coefficient (Wildman–Crippen LogP) is 4.31. The number of hydrogen-bond donors (Lipinski definition) is 1. The third kappa shape index (κ3) is 4.18. The second kappa shape index (κ2) is 7.04. The van der Waals surface area contributed by atoms with E-state index in [-0.39, 0.29) is 11.9 Å². The Morgan fingerprint density at radius 1 is 1.25 bits per heavy atom. The van der Waals surface area contributed by atoms with Crippen LogP contribution in [0.1, 0.15) is 32.6 Å². The van der Waals surface area contributed by atoms with E-state index >= 15 is 0 Å². The van der Waals surface area contributed by atoms with Gasteiger partial charge in [-0.05, 0) is 43.7 Å². The SMILES string of the molecule is Cc1ccc(CC(C)NC(=O)c2ccc(CBr)cc2)s1. The summed E-state index contributed by atoms with van der Waals surface area (Å²) in [4.78, 5) is 14.7. The van der Waals surface area contributed by atoms with Gasteiger partial charge < -0.3 is 5.32 Å². The summed E-state index contributed by atoms with van der Waals surface area (Å²) in [6, 6.07) is 12.1. The lowest BCUT2D eigenvalue weighted by Crippen LogP contribution is -2.33. The molecule has 1 unspecified atom stereocenters. The second-order valence-electron chi connectivity index (χ2n) is 4.92. The molecule has 0 bridgehead atoms. The molecule has 0 fully saturated rings. The average molecular weight is 352 g/mol. The van der Waals surface area contributed by atoms with Crippen LogP contribution in [0.2, 0.25) is 0 Å². The van der Waals surface area contributed by atoms with Crippen molar-refractivity contribution in [3.05, 3.63) is 57.3 Å². The fourth-order valence-electron chi connectivity index (χ4n) is 2.00. The summed E-state index contributed by atoms with van der Waals surface area (Å²) in [5.41, 5.74) is 1.88. The molecule has 0 spiro atoms. The maximum atomic E-state index is 12.1. The molecule has 2 aromatic rings. The average Bonchev–Trinajstić information content (AvgIpc) is 2.84. The maximum Gasteiger partial charge on any atom is 0.251 e. The Balaban J connectivity index is 1.92. The summed E-state index contributed by atoms with van der Waals surface area (Å²) in [5, 5.41) is 3.86. The number of hydrogen-bond acceptors (Lipinski definition) is 2. The highest BCUT2D eigenvalue weighted by atomic mass is 79.9. The number of halogens is 1. The molecule has 0 radical (unpaired) electrons. The topological polar surface area (TPSA) is 29.1 Å². The fraction of sp³-hybridized carbons (Fsp3) is 0.312. The van der Waals surface area contributed by atoms with Crippen molar-refractivity contribution in [1.29, 1.82) is 0 Å². The zero-order chi connectivity index (χ0) is 14.5. The van der Waals surface area contributed by atoms with Crippen LogP contribution in [-0.4, -0.2) is 11.9 Å². The first-order valence-electron chi connectivity index (χ1n) is 6.59. The predicted molar refractivity (Wildman–Crippen MR) is 88.8 cm³/mol. The lowest BCUT2D eigenvalue weighted by molar-refractivity contribution is 0.0940. The van der Waals surface area contributed by atoms with Crippen LogP contribution in [0.3, 0.4) is 0 Å². The van der Waals surface area contributed by atoms with Gasteiger partial charge in [-0.3, -0.25) is 4.79 Å². The van der Waals surface area contributed by atoms with Gasteiger partial charge in [0.2, 0.25) is 0 Å². The van der Waals surface area contributed by atoms with Crippen molar-refractivity contribution < 1.29 is 4.79 Å². The van der Waals surface area contributed by atoms with E-state index in [4.69, 9.17) is 0 Å². The van der Waals surface area contributed by atoms with Crippen molar-refractivity contribution in [1.82, 2.24) is 5.32 Å². The Morgan fingerprint density at radius 2 is 1.95 bits per heavy atom. The molecule has 0 aliphatic rings. The molecule has 1 atom stereocenters. The molecule has 1 N–H and O–H groups in total. The van der Waals surface area contributed by atoms with Gasteiger partial charge in [-0.25, -0.2) is 0 Å². The number of carbonyl (C=O) groups is 1. The summed E-state index contributed by atoms with van der Waals surface area (Å²) in [6.07, 6.45) is 0.879. The molecule has 20 heavy (non-hydrogen) atoms. The van der Waals surface area contributed by atoms with E-state index in [1.54, 1.807) is 11.3 Å². The number of amides is 1. The lowest BCUT2D eigenvalue weighted by atomic mass is 10.1. The van der Waals surface area contributed by atoms with Crippen LogP contribution in [0.25, 0.3) is 0 Å². The van der Waals surface area contributed by atoms with E-state index in [0.29, 0.717) is 5.56 Å². The van der Waals surface area contributed by atoms with Gasteiger partial charge in [0.15, 0.2) is 0 Å². The van der Waals surface area contributed by atoms with Crippen LogP contribution in [0.15, 0.2) is 36.4 Å². The molecule has 2 rings (SSSR count). The van der Waals surface area contributed by atoms with Gasteiger partial charge in [-0.1, -0.05) is 28.1 Å². The van der Waals surface area contributed by atoms with Crippen molar-refractivity contribution in [2.24, 2.45) is 0 Å². The second-order valence-corrected chi connectivity index (χ2v) is 6.85. The van der Waals surface area contributed by atoms with Crippen LogP contribution >= 0.6 is 27.3 Å². The molecule has 0 saturated carbocycles. The van der Waals surface area contributed by atoms with Gasteiger partial charge in [0.05, 0.1) is 0 Å². The molecule has 106 valence electrons. The van der Waals surface area contributed by atoms with Crippen LogP contribution in [0.4, 0.5) is 0 Å². The number of benzene rings is 1. The quantitative estimate of drug-likeness (QED) is 0.798. The smallest absolute Gasteiger partial charge is 0.251 e. The van der Waals surface area contributed by atoms with Gasteiger partial charge in [0, 0.05) is 33.1 Å². The van der Waals surface area contributed by atoms with Gasteiger partial charge in [-0.2, -0.15) is 0 Å². The highest BCUT2D eigenvalue weighted by Crippen LogP contribution is 2.17. The number of carbonyl (C=O) groups excluding carboxylic acids is 1. The Bertz CT molecular complexity index is 576. The van der Waals surface area contributed by atoms with Gasteiger partial charge in [0.1, 0.15) is 0 Å². The minimum Gasteiger partial charge on any atom is -0.349 e. The third-order valence-electron chi connectivity index (χ3n) is 3.05. The van der Waals surface area contributed by atoms with E-state index in [0.717, 1.165) is 11.8 Å². The van der Waals surface area contributed by atoms with Crippen molar-refractivity contribution in [2.45, 2.75) is 31.6 Å². The molecule has 0 aliphatic carbocycles. The maximum absolute atomic E-state index is 12.1. The normalized spacial score (nSPS) is 12.2. The largest absolute Gasteiger partial charge is 0.349 e. The first-order valence-corrected chi connectivity index (χ1v) is 8.53. The summed E-state index contributed by atoms with van der Waals surface area (Å²) < 4.78 is 0. The first-order chi connectivity index (χ1) is 9.58. The lowest BCUT2D eigenvalue weighted by Gasteiger charge is -2.13. The molecule has 1 amide bonds. The number of thiophene rings is 1. The molecule has 0 aliphatic heterocycles. The summed E-state index contributed by atoms with van der Waals surface area (Å²) >= 11 is 5.19. The summed E-state index contributed by atoms with van der Waals surface area (Å²) in [6.45, 7) is 4.14. The van der Waals surface area contributed by atoms with Gasteiger partial charge in [0.25, 0.3) is 5.91 Å². The summed E-state index contributed by atoms with van der Waals surface area (Å²) in [5.74, 6) is -0.00750. The number of nitrogens with one attached hydrogen (secondary N) is 1. The molecule has 1 aromatic heterocycles. The number of rotatable bonds is 5. The van der Waals surface area contributed by atoms with Gasteiger partial charge in [-0.15, -0.1) is 11.3 Å². The van der Waals surface area contributed by atoms with Gasteiger partial charge >= 0.3 is 0 Å². The number of alkyl halides is 1. The van der Waals surface area contributed by atoms with Crippen molar-refractivity contribution >= 4 is 33.2 Å². The number of aryl methyl sites for hydroxylation is 1. The molecule has 1 aromatic carbocycles. The van der Waals surface area contributed by atoms with Crippen LogP contribution < -0.4 is 5.32 Å². The molecule has 0 saturated heterocycles. The molecule has 1 heterocycles. The monoisotopic (exact) mass is 351 g/mol. The molecule has 2 nitrogen and oxygen atoms in total. The van der Waals surface area contributed by atoms with E-state index in [1.807, 2.05) is 31.2 Å². The first kappa shape index (κ1) is 15.3. The zero-order valence-electron chi connectivity index (χ0n) is 11.7. The Labute approximate surface area is 132 Å². The molecule has 4 heteroatoms. The van der Waals surface area contributed by atoms with E-state index in [9.17, 15) is 4.79 Å². The Morgan fingerprint density at radius 3 is 2.50 bits per heavy atom. The minimum absolute atomic E-state index is 0.00750. The zero-order valence-corrected chi connectivity index (χ0v) is 14.1. The fourth-order valence-corrected chi connectivity index (χ4v) is 3.39. The van der Waals surface area contributed by atoms with Crippen LogP contribution in [0.5, 0.6) is 0 Å². The minimum atomic E-state index is -0.00750. The molecular weight excluding hydrogens is 334 g/mol. The van der Waals surface area contributed by atoms with Crippen molar-refractivity contribution in [3.8, 4) is 0 Å². The third-order valence-corrected chi connectivity index (χ3v) is 4.72. The Hall–Kier alpha value is -1.13. The van der Waals surface area contributed by atoms with E-state index in [2.05, 4.69) is 40.3 Å². The van der Waals surface area contributed by atoms with Crippen LogP contribution in [0, 0.1) is 6.92 Å². The van der Waals surface area contributed by atoms with Crippen molar-refractivity contribution in [2.75, 3.05) is 0 Å². The van der Waals surface area contributed by atoms with E-state index < -0.39 is 0 Å². The molecular formula is C16H18BrNOS. The Kier molecular flexibility index (Phi) is 5.38. The van der Waals surface area contributed by atoms with Crippen molar-refractivity contribution in [3.63, 3.8) is 0 Å². The highest BCUT2D eigenvalue weighted by Gasteiger charge is 2.11. The van der Waals surface area contributed by atoms with Crippen LogP contribution in [-0.2, 0) is 11.8 Å².